The van der Waals surface area contributed by atoms with Crippen molar-refractivity contribution in [2.24, 2.45) is 0 Å². The van der Waals surface area contributed by atoms with Gasteiger partial charge in [0.2, 0.25) is 0 Å². The minimum absolute atomic E-state index is 0.121. The minimum Gasteiger partial charge on any atom is -0.442 e. The average molecular weight is 582 g/mol. The van der Waals surface area contributed by atoms with Crippen LogP contribution in [0.25, 0.3) is 11.1 Å². The molecule has 15 heteroatoms. The molecule has 3 heterocycles. The van der Waals surface area contributed by atoms with Gasteiger partial charge in [0.15, 0.2) is 15.7 Å². The summed E-state index contributed by atoms with van der Waals surface area (Å²) >= 11 is 0. The van der Waals surface area contributed by atoms with Crippen molar-refractivity contribution in [1.82, 2.24) is 5.16 Å². The van der Waals surface area contributed by atoms with Gasteiger partial charge in [0, 0.05) is 11.6 Å². The Balaban J connectivity index is 1.32. The lowest BCUT2D eigenvalue weighted by Gasteiger charge is -2.37. The highest BCUT2D eigenvalue weighted by Gasteiger charge is 2.44. The molecule has 2 aliphatic heterocycles. The molecule has 0 saturated carbocycles. The number of halogens is 1. The normalized spacial score (nSPS) is 20.5. The van der Waals surface area contributed by atoms with E-state index in [0.29, 0.717) is 29.2 Å². The summed E-state index contributed by atoms with van der Waals surface area (Å²) in [4.78, 5) is 32.6. The van der Waals surface area contributed by atoms with Gasteiger partial charge in [-0.15, -0.1) is 0 Å². The van der Waals surface area contributed by atoms with Crippen LogP contribution in [-0.2, 0) is 29.3 Å². The van der Waals surface area contributed by atoms with Gasteiger partial charge in [-0.25, -0.2) is 22.2 Å². The van der Waals surface area contributed by atoms with Gasteiger partial charge >= 0.3 is 13.9 Å². The van der Waals surface area contributed by atoms with Crippen LogP contribution in [0.2, 0.25) is 0 Å². The average Bonchev–Trinajstić information content (AvgIpc) is 3.53. The van der Waals surface area contributed by atoms with E-state index in [0.717, 1.165) is 0 Å². The molecule has 5 rings (SSSR count). The van der Waals surface area contributed by atoms with Gasteiger partial charge in [0.25, 0.3) is 0 Å². The number of aromatic nitrogens is 1. The number of nitrogens with one attached hydrogen (secondary N) is 1. The third kappa shape index (κ3) is 6.15. The van der Waals surface area contributed by atoms with Crippen molar-refractivity contribution >= 4 is 35.3 Å². The number of phosphoric acid groups is 1. The third-order valence-electron chi connectivity index (χ3n) is 6.74. The van der Waals surface area contributed by atoms with Crippen LogP contribution in [0.15, 0.2) is 59.3 Å². The number of ether oxygens (including phenoxy) is 1. The van der Waals surface area contributed by atoms with Crippen LogP contribution in [0.4, 0.5) is 20.7 Å². The van der Waals surface area contributed by atoms with E-state index in [-0.39, 0.29) is 36.5 Å². The molecule has 1 atom stereocenters. The molecule has 1 amide bonds. The van der Waals surface area contributed by atoms with E-state index in [4.69, 9.17) is 13.8 Å². The fraction of sp³-hybridized carbons (Fsp3) is 0.333. The van der Waals surface area contributed by atoms with Gasteiger partial charge < -0.3 is 24.4 Å². The van der Waals surface area contributed by atoms with E-state index in [1.165, 1.54) is 23.3 Å². The molecule has 0 radical (unpaired) electrons. The Labute approximate surface area is 222 Å². The van der Waals surface area contributed by atoms with Gasteiger partial charge in [-0.05, 0) is 42.2 Å². The second-order valence-corrected chi connectivity index (χ2v) is 12.8. The summed E-state index contributed by atoms with van der Waals surface area (Å²) in [7, 11) is -8.27. The molecule has 39 heavy (non-hydrogen) atoms. The number of hydrogen-bond acceptors (Lipinski definition) is 9. The Hall–Kier alpha value is -3.29. The number of carbonyl (C=O) groups excluding carboxylic acids is 1. The van der Waals surface area contributed by atoms with Crippen LogP contribution in [0.1, 0.15) is 18.4 Å². The Morgan fingerprint density at radius 2 is 1.87 bits per heavy atom. The maximum Gasteiger partial charge on any atom is 0.470 e. The van der Waals surface area contributed by atoms with Gasteiger partial charge in [-0.3, -0.25) is 9.42 Å². The Morgan fingerprint density at radius 1 is 1.15 bits per heavy atom. The number of hydrogen-bond donors (Lipinski definition) is 3. The molecule has 1 aromatic heterocycles. The van der Waals surface area contributed by atoms with Crippen molar-refractivity contribution in [3.63, 3.8) is 0 Å². The molecule has 0 bridgehead atoms. The van der Waals surface area contributed by atoms with Crippen molar-refractivity contribution in [1.29, 1.82) is 0 Å². The zero-order chi connectivity index (χ0) is 27.8. The summed E-state index contributed by atoms with van der Waals surface area (Å²) in [5, 5.41) is 6.71. The largest absolute Gasteiger partial charge is 0.470 e. The predicted octanol–water partition coefficient (Wildman–Crippen LogP) is 3.43. The molecule has 0 aliphatic carbocycles. The van der Waals surface area contributed by atoms with Crippen LogP contribution in [-0.4, -0.2) is 60.2 Å². The van der Waals surface area contributed by atoms with Crippen molar-refractivity contribution in [3.8, 4) is 11.1 Å². The van der Waals surface area contributed by atoms with Crippen molar-refractivity contribution in [2.75, 3.05) is 34.8 Å². The van der Waals surface area contributed by atoms with Gasteiger partial charge in [-0.2, -0.15) is 0 Å². The summed E-state index contributed by atoms with van der Waals surface area (Å²) in [5.41, 5.74) is -0.0826. The maximum absolute atomic E-state index is 15.2. The fourth-order valence-electron chi connectivity index (χ4n) is 4.75. The number of cyclic esters (lactones) is 1. The number of nitrogens with zero attached hydrogens (tertiary/aromatic N) is 2. The summed E-state index contributed by atoms with van der Waals surface area (Å²) in [5.74, 6) is -0.650. The molecule has 3 aromatic rings. The summed E-state index contributed by atoms with van der Waals surface area (Å²) < 4.78 is 65.9. The molecule has 2 aromatic carbocycles. The molecule has 2 fully saturated rings. The minimum atomic E-state index is -4.94. The van der Waals surface area contributed by atoms with E-state index in [1.54, 1.807) is 36.4 Å². The first kappa shape index (κ1) is 27.3. The third-order valence-corrected chi connectivity index (χ3v) is 8.98. The van der Waals surface area contributed by atoms with E-state index < -0.39 is 41.3 Å². The second-order valence-electron chi connectivity index (χ2n) is 9.35. The molecule has 208 valence electrons. The Morgan fingerprint density at radius 3 is 2.49 bits per heavy atom. The first-order valence-corrected chi connectivity index (χ1v) is 15.3. The molecule has 3 N–H and O–H groups in total. The quantitative estimate of drug-likeness (QED) is 0.333. The number of rotatable bonds is 8. The van der Waals surface area contributed by atoms with E-state index in [9.17, 15) is 27.6 Å². The standard InChI is InChI=1S/C24H25FN3O9PS/c25-21-13-18(28-15-19(36-23(28)29)14-26-22-7-10-35-27-22)5-6-20(21)16-1-3-17(4-2-16)24(37-38(30,31)32)8-11-39(33,34)12-9-24/h1-7,10,13,19H,8-9,11-12,14-15H2,(H,26,27)(H2,30,31,32)/t19-/m0/s1. The van der Waals surface area contributed by atoms with Gasteiger partial charge in [0.05, 0.1) is 30.3 Å². The first-order chi connectivity index (χ1) is 18.4. The number of amides is 1. The lowest BCUT2D eigenvalue weighted by atomic mass is 9.87. The lowest BCUT2D eigenvalue weighted by Crippen LogP contribution is -2.38. The van der Waals surface area contributed by atoms with Crippen molar-refractivity contribution in [2.45, 2.75) is 24.5 Å². The van der Waals surface area contributed by atoms with Crippen molar-refractivity contribution < 1.29 is 45.7 Å². The number of sulfone groups is 1. The van der Waals surface area contributed by atoms with E-state index in [2.05, 4.69) is 10.5 Å². The molecule has 0 unspecified atom stereocenters. The topological polar surface area (TPSA) is 168 Å². The van der Waals surface area contributed by atoms with Gasteiger partial charge in [-0.1, -0.05) is 29.4 Å². The molecule has 2 aliphatic rings. The van der Waals surface area contributed by atoms with E-state index >= 15 is 4.39 Å². The lowest BCUT2D eigenvalue weighted by molar-refractivity contribution is 0.0214. The molecule has 12 nitrogen and oxygen atoms in total. The summed E-state index contributed by atoms with van der Waals surface area (Å²) in [6, 6.07) is 12.2. The van der Waals surface area contributed by atoms with Crippen LogP contribution in [0.5, 0.6) is 0 Å². The van der Waals surface area contributed by atoms with Crippen LogP contribution < -0.4 is 10.2 Å². The number of phosphoric ester groups is 1. The Kier molecular flexibility index (Phi) is 7.25. The summed E-state index contributed by atoms with van der Waals surface area (Å²) in [6.07, 6.45) is 0.0721. The zero-order valence-electron chi connectivity index (χ0n) is 20.4. The van der Waals surface area contributed by atoms with Crippen LogP contribution in [0, 0.1) is 5.82 Å². The molecule has 0 spiro atoms. The zero-order valence-corrected chi connectivity index (χ0v) is 22.1. The molecule has 2 saturated heterocycles. The highest BCUT2D eigenvalue weighted by molar-refractivity contribution is 7.91. The number of anilines is 2. The number of benzene rings is 2. The highest BCUT2D eigenvalue weighted by atomic mass is 32.2. The Bertz CT molecular complexity index is 1500. The number of carbonyl (C=O) groups is 1. The molecular formula is C24H25FN3O9PS. The van der Waals surface area contributed by atoms with Crippen LogP contribution >= 0.6 is 7.82 Å². The smallest absolute Gasteiger partial charge is 0.442 e. The maximum atomic E-state index is 15.2. The molecular weight excluding hydrogens is 556 g/mol. The first-order valence-electron chi connectivity index (χ1n) is 11.9. The highest BCUT2D eigenvalue weighted by Crippen LogP contribution is 2.50. The second kappa shape index (κ2) is 10.4. The van der Waals surface area contributed by atoms with Crippen LogP contribution in [0.3, 0.4) is 0 Å². The van der Waals surface area contributed by atoms with Crippen molar-refractivity contribution in [3.05, 3.63) is 66.2 Å². The van der Waals surface area contributed by atoms with Gasteiger partial charge in [0.1, 0.15) is 23.8 Å². The summed E-state index contributed by atoms with van der Waals surface area (Å²) in [6.45, 7) is 0.495. The SMILES string of the molecule is O=C1O[C@@H](CNc2ccon2)CN1c1ccc(-c2ccc(C3(OP(=O)(O)O)CCS(=O)(=O)CC3)cc2)c(F)c1. The predicted molar refractivity (Wildman–Crippen MR) is 137 cm³/mol. The fourth-order valence-corrected chi connectivity index (χ4v) is 6.98. The monoisotopic (exact) mass is 581 g/mol. The van der Waals surface area contributed by atoms with E-state index in [1.807, 2.05) is 0 Å².